The fourth-order valence-corrected chi connectivity index (χ4v) is 3.67. The van der Waals surface area contributed by atoms with E-state index < -0.39 is 5.97 Å². The minimum Gasteiger partial charge on any atom is -0.480 e. The Balaban J connectivity index is 1.57. The van der Waals surface area contributed by atoms with Crippen molar-refractivity contribution in [2.24, 2.45) is 0 Å². The lowest BCUT2D eigenvalue weighted by Crippen LogP contribution is -2.56. The minimum absolute atomic E-state index is 0.0575. The number of likely N-dealkylation sites (N-methyl/N-ethyl adjacent to an activating group) is 1. The molecule has 0 bridgehead atoms. The van der Waals surface area contributed by atoms with Gasteiger partial charge in [0.1, 0.15) is 0 Å². The molecule has 0 atom stereocenters. The first-order chi connectivity index (χ1) is 12.0. The van der Waals surface area contributed by atoms with E-state index in [1.54, 1.807) is 11.8 Å². The Hall–Kier alpha value is -1.44. The summed E-state index contributed by atoms with van der Waals surface area (Å²) in [5.74, 6) is -0.0286. The summed E-state index contributed by atoms with van der Waals surface area (Å²) in [5, 5.41) is 15.4. The van der Waals surface area contributed by atoms with Crippen LogP contribution in [-0.2, 0) is 4.79 Å². The minimum atomic E-state index is -0.811. The highest BCUT2D eigenvalue weighted by Crippen LogP contribution is 2.25. The number of halogens is 1. The predicted octanol–water partition coefficient (Wildman–Crippen LogP) is 2.67. The summed E-state index contributed by atoms with van der Waals surface area (Å²) < 4.78 is 0. The van der Waals surface area contributed by atoms with Gasteiger partial charge in [-0.3, -0.25) is 9.69 Å². The summed E-state index contributed by atoms with van der Waals surface area (Å²) in [4.78, 5) is 25.7. The Morgan fingerprint density at radius 2 is 2.00 bits per heavy atom. The molecule has 1 aliphatic carbocycles. The summed E-state index contributed by atoms with van der Waals surface area (Å²) in [5.41, 5.74) is 0. The second-order valence-electron chi connectivity index (χ2n) is 5.98. The molecule has 2 amide bonds. The molecule has 0 heterocycles. The van der Waals surface area contributed by atoms with Gasteiger partial charge in [0.15, 0.2) is 0 Å². The van der Waals surface area contributed by atoms with Gasteiger partial charge >= 0.3 is 12.0 Å². The van der Waals surface area contributed by atoms with Gasteiger partial charge in [0, 0.05) is 34.3 Å². The van der Waals surface area contributed by atoms with Crippen LogP contribution >= 0.6 is 23.4 Å². The molecule has 8 heteroatoms. The van der Waals surface area contributed by atoms with Crippen LogP contribution in [0.3, 0.4) is 0 Å². The molecule has 0 aromatic heterocycles. The predicted molar refractivity (Wildman–Crippen MR) is 100 cm³/mol. The van der Waals surface area contributed by atoms with Crippen molar-refractivity contribution in [2.75, 3.05) is 25.4 Å². The fourth-order valence-electron chi connectivity index (χ4n) is 2.78. The van der Waals surface area contributed by atoms with Crippen LogP contribution in [0.2, 0.25) is 5.02 Å². The van der Waals surface area contributed by atoms with Gasteiger partial charge in [0.2, 0.25) is 0 Å². The number of benzene rings is 1. The molecule has 6 nitrogen and oxygen atoms in total. The Morgan fingerprint density at radius 1 is 1.32 bits per heavy atom. The van der Waals surface area contributed by atoms with Crippen molar-refractivity contribution in [1.82, 2.24) is 15.5 Å². The topological polar surface area (TPSA) is 81.7 Å². The van der Waals surface area contributed by atoms with Crippen LogP contribution in [0.4, 0.5) is 4.79 Å². The standard InChI is InChI=1S/C17H24ClN3O3S/c1-2-21(11-16(22)23)14-9-13(10-14)20-17(24)19-7-8-25-15-5-3-12(18)4-6-15/h3-6,13-14H,2,7-11H2,1H3,(H,22,23)(H2,19,20,24). The number of carbonyl (C=O) groups is 2. The number of carboxylic acids is 1. The number of carbonyl (C=O) groups excluding carboxylic acids is 1. The number of hydrogen-bond donors (Lipinski definition) is 3. The third-order valence-electron chi connectivity index (χ3n) is 4.18. The number of rotatable bonds is 9. The molecule has 0 saturated heterocycles. The summed E-state index contributed by atoms with van der Waals surface area (Å²) in [6.07, 6.45) is 1.60. The maximum Gasteiger partial charge on any atom is 0.317 e. The molecule has 0 aliphatic heterocycles. The molecule has 1 aromatic carbocycles. The largest absolute Gasteiger partial charge is 0.480 e. The van der Waals surface area contributed by atoms with E-state index in [9.17, 15) is 9.59 Å². The second kappa shape index (κ2) is 9.89. The Kier molecular flexibility index (Phi) is 7.87. The first kappa shape index (κ1) is 19.9. The number of thioether (sulfide) groups is 1. The van der Waals surface area contributed by atoms with Gasteiger partial charge < -0.3 is 15.7 Å². The SMILES string of the molecule is CCN(CC(=O)O)C1CC(NC(=O)NCCSc2ccc(Cl)cc2)C1. The van der Waals surface area contributed by atoms with E-state index in [1.807, 2.05) is 36.1 Å². The highest BCUT2D eigenvalue weighted by atomic mass is 35.5. The quantitative estimate of drug-likeness (QED) is 0.449. The van der Waals surface area contributed by atoms with E-state index in [0.29, 0.717) is 18.1 Å². The average Bonchev–Trinajstić information content (AvgIpc) is 2.54. The number of amides is 2. The zero-order chi connectivity index (χ0) is 18.2. The van der Waals surface area contributed by atoms with E-state index in [2.05, 4.69) is 10.6 Å². The van der Waals surface area contributed by atoms with Crippen molar-refractivity contribution in [3.63, 3.8) is 0 Å². The molecule has 1 fully saturated rings. The molecule has 3 N–H and O–H groups in total. The van der Waals surface area contributed by atoms with Gasteiger partial charge in [-0.2, -0.15) is 0 Å². The third kappa shape index (κ3) is 6.76. The Bertz CT molecular complexity index is 579. The molecular formula is C17H24ClN3O3S. The molecule has 25 heavy (non-hydrogen) atoms. The maximum absolute atomic E-state index is 11.9. The van der Waals surface area contributed by atoms with Gasteiger partial charge in [-0.15, -0.1) is 11.8 Å². The lowest BCUT2D eigenvalue weighted by molar-refractivity contribution is -0.139. The molecule has 1 aliphatic rings. The molecular weight excluding hydrogens is 362 g/mol. The fraction of sp³-hybridized carbons (Fsp3) is 0.529. The van der Waals surface area contributed by atoms with Crippen molar-refractivity contribution < 1.29 is 14.7 Å². The van der Waals surface area contributed by atoms with Crippen LogP contribution in [-0.4, -0.2) is 59.5 Å². The first-order valence-electron chi connectivity index (χ1n) is 8.36. The summed E-state index contributed by atoms with van der Waals surface area (Å²) >= 11 is 7.50. The van der Waals surface area contributed by atoms with Crippen LogP contribution in [0.15, 0.2) is 29.2 Å². The van der Waals surface area contributed by atoms with Gasteiger partial charge in [-0.1, -0.05) is 18.5 Å². The van der Waals surface area contributed by atoms with E-state index in [1.165, 1.54) is 0 Å². The lowest BCUT2D eigenvalue weighted by Gasteiger charge is -2.42. The van der Waals surface area contributed by atoms with Crippen molar-refractivity contribution in [3.8, 4) is 0 Å². The maximum atomic E-state index is 11.9. The molecule has 2 rings (SSSR count). The van der Waals surface area contributed by atoms with E-state index in [-0.39, 0.29) is 24.7 Å². The molecule has 0 unspecified atom stereocenters. The highest BCUT2D eigenvalue weighted by molar-refractivity contribution is 7.99. The third-order valence-corrected chi connectivity index (χ3v) is 5.45. The van der Waals surface area contributed by atoms with Gasteiger partial charge in [0.05, 0.1) is 6.54 Å². The number of urea groups is 1. The zero-order valence-electron chi connectivity index (χ0n) is 14.2. The summed E-state index contributed by atoms with van der Waals surface area (Å²) in [7, 11) is 0. The summed E-state index contributed by atoms with van der Waals surface area (Å²) in [6, 6.07) is 7.81. The molecule has 0 radical (unpaired) electrons. The van der Waals surface area contributed by atoms with E-state index in [4.69, 9.17) is 16.7 Å². The van der Waals surface area contributed by atoms with E-state index in [0.717, 1.165) is 23.5 Å². The van der Waals surface area contributed by atoms with E-state index >= 15 is 0 Å². The smallest absolute Gasteiger partial charge is 0.317 e. The normalized spacial score (nSPS) is 19.3. The lowest BCUT2D eigenvalue weighted by atomic mass is 9.85. The van der Waals surface area contributed by atoms with Gasteiger partial charge in [-0.25, -0.2) is 4.79 Å². The van der Waals surface area contributed by atoms with Gasteiger partial charge in [-0.05, 0) is 43.7 Å². The van der Waals surface area contributed by atoms with Crippen molar-refractivity contribution >= 4 is 35.4 Å². The second-order valence-corrected chi connectivity index (χ2v) is 7.59. The van der Waals surface area contributed by atoms with Gasteiger partial charge in [0.25, 0.3) is 0 Å². The van der Waals surface area contributed by atoms with Crippen LogP contribution in [0.5, 0.6) is 0 Å². The average molecular weight is 386 g/mol. The van der Waals surface area contributed by atoms with Crippen LogP contribution < -0.4 is 10.6 Å². The highest BCUT2D eigenvalue weighted by Gasteiger charge is 2.34. The summed E-state index contributed by atoms with van der Waals surface area (Å²) in [6.45, 7) is 3.30. The molecule has 1 saturated carbocycles. The first-order valence-corrected chi connectivity index (χ1v) is 9.73. The number of nitrogens with one attached hydrogen (secondary N) is 2. The number of aliphatic carboxylic acids is 1. The van der Waals surface area contributed by atoms with Crippen molar-refractivity contribution in [1.29, 1.82) is 0 Å². The number of nitrogens with zero attached hydrogens (tertiary/aromatic N) is 1. The Morgan fingerprint density at radius 3 is 2.60 bits per heavy atom. The molecule has 1 aromatic rings. The molecule has 138 valence electrons. The van der Waals surface area contributed by atoms with Crippen molar-refractivity contribution in [2.45, 2.75) is 36.7 Å². The monoisotopic (exact) mass is 385 g/mol. The van der Waals surface area contributed by atoms with Crippen molar-refractivity contribution in [3.05, 3.63) is 29.3 Å². The Labute approximate surface area is 157 Å². The number of hydrogen-bond acceptors (Lipinski definition) is 4. The van der Waals surface area contributed by atoms with Crippen LogP contribution in [0, 0.1) is 0 Å². The zero-order valence-corrected chi connectivity index (χ0v) is 15.8. The molecule has 0 spiro atoms. The van der Waals surface area contributed by atoms with Crippen LogP contribution in [0.1, 0.15) is 19.8 Å². The number of carboxylic acid groups (broad SMARTS) is 1. The van der Waals surface area contributed by atoms with Crippen LogP contribution in [0.25, 0.3) is 0 Å².